The monoisotopic (exact) mass is 384 g/mol. The van der Waals surface area contributed by atoms with E-state index in [0.717, 1.165) is 51.4 Å². The van der Waals surface area contributed by atoms with Crippen LogP contribution in [0.3, 0.4) is 0 Å². The van der Waals surface area contributed by atoms with Gasteiger partial charge in [-0.2, -0.15) is 0 Å². The van der Waals surface area contributed by atoms with Crippen LogP contribution < -0.4 is 0 Å². The van der Waals surface area contributed by atoms with Crippen LogP contribution in [0.4, 0.5) is 0 Å². The number of carbonyl (C=O) groups excluding carboxylic acids is 2. The van der Waals surface area contributed by atoms with Crippen molar-refractivity contribution in [3.8, 4) is 0 Å². The van der Waals surface area contributed by atoms with Crippen LogP contribution in [0, 0.1) is 17.8 Å². The summed E-state index contributed by atoms with van der Waals surface area (Å²) in [7, 11) is 0. The van der Waals surface area contributed by atoms with Crippen molar-refractivity contribution in [1.82, 2.24) is 0 Å². The number of esters is 2. The summed E-state index contributed by atoms with van der Waals surface area (Å²) in [6.45, 7) is 12.5. The molecular formula is C23H44O4. The second-order valence-electron chi connectivity index (χ2n) is 8.25. The number of hydrogen-bond acceptors (Lipinski definition) is 4. The van der Waals surface area contributed by atoms with Crippen molar-refractivity contribution in [2.75, 3.05) is 6.61 Å². The molecule has 0 spiro atoms. The molecule has 3 atom stereocenters. The van der Waals surface area contributed by atoms with Gasteiger partial charge >= 0.3 is 11.9 Å². The van der Waals surface area contributed by atoms with Crippen molar-refractivity contribution in [1.29, 1.82) is 0 Å². The number of carbonyl (C=O) groups is 2. The Morgan fingerprint density at radius 1 is 0.778 bits per heavy atom. The van der Waals surface area contributed by atoms with E-state index in [0.29, 0.717) is 12.5 Å². The summed E-state index contributed by atoms with van der Waals surface area (Å²) >= 11 is 0. The first-order chi connectivity index (χ1) is 12.9. The first-order valence-electron chi connectivity index (χ1n) is 11.2. The zero-order valence-electron chi connectivity index (χ0n) is 18.7. The van der Waals surface area contributed by atoms with E-state index in [1.165, 1.54) is 12.8 Å². The molecule has 0 saturated carbocycles. The number of rotatable bonds is 16. The second-order valence-corrected chi connectivity index (χ2v) is 8.25. The van der Waals surface area contributed by atoms with Gasteiger partial charge in [0.2, 0.25) is 6.10 Å². The summed E-state index contributed by atoms with van der Waals surface area (Å²) in [5, 5.41) is 0. The average molecular weight is 385 g/mol. The van der Waals surface area contributed by atoms with E-state index >= 15 is 0 Å². The minimum absolute atomic E-state index is 0.0580. The topological polar surface area (TPSA) is 52.6 Å². The third-order valence-electron chi connectivity index (χ3n) is 5.02. The quantitative estimate of drug-likeness (QED) is 0.231. The second kappa shape index (κ2) is 15.9. The summed E-state index contributed by atoms with van der Waals surface area (Å²) < 4.78 is 11.0. The maximum atomic E-state index is 12.6. The highest BCUT2D eigenvalue weighted by Gasteiger charge is 2.34. The first kappa shape index (κ1) is 25.9. The molecule has 0 bridgehead atoms. The molecule has 0 aromatic heterocycles. The van der Waals surface area contributed by atoms with Crippen LogP contribution in [-0.4, -0.2) is 24.6 Å². The lowest BCUT2D eigenvalue weighted by atomic mass is 9.89. The van der Waals surface area contributed by atoms with E-state index in [1.54, 1.807) is 6.92 Å². The molecule has 0 radical (unpaired) electrons. The zero-order chi connectivity index (χ0) is 20.7. The van der Waals surface area contributed by atoms with Gasteiger partial charge in [0.05, 0.1) is 12.5 Å². The van der Waals surface area contributed by atoms with Gasteiger partial charge < -0.3 is 9.47 Å². The van der Waals surface area contributed by atoms with Crippen molar-refractivity contribution >= 4 is 11.9 Å². The van der Waals surface area contributed by atoms with Crippen LogP contribution in [0.25, 0.3) is 0 Å². The molecular weight excluding hydrogens is 340 g/mol. The van der Waals surface area contributed by atoms with Crippen molar-refractivity contribution in [2.24, 2.45) is 17.8 Å². The lowest BCUT2D eigenvalue weighted by Crippen LogP contribution is -2.38. The maximum Gasteiger partial charge on any atom is 0.347 e. The Morgan fingerprint density at radius 3 is 1.85 bits per heavy atom. The minimum atomic E-state index is -0.759. The smallest absolute Gasteiger partial charge is 0.347 e. The Balaban J connectivity index is 5.13. The molecule has 0 aliphatic heterocycles. The Labute approximate surface area is 167 Å². The molecule has 0 aromatic carbocycles. The average Bonchev–Trinajstić information content (AvgIpc) is 2.61. The fourth-order valence-electron chi connectivity index (χ4n) is 3.54. The fraction of sp³-hybridized carbons (Fsp3) is 0.913. The Kier molecular flexibility index (Phi) is 15.3. The van der Waals surface area contributed by atoms with Crippen LogP contribution in [0.1, 0.15) is 106 Å². The summed E-state index contributed by atoms with van der Waals surface area (Å²) in [5.74, 6) is -0.362. The predicted molar refractivity (Wildman–Crippen MR) is 112 cm³/mol. The number of ether oxygens (including phenoxy) is 2. The van der Waals surface area contributed by atoms with Gasteiger partial charge in [0.25, 0.3) is 0 Å². The third kappa shape index (κ3) is 12.1. The number of hydrogen-bond donors (Lipinski definition) is 0. The lowest BCUT2D eigenvalue weighted by Gasteiger charge is -2.27. The predicted octanol–water partition coefficient (Wildman–Crippen LogP) is 6.31. The van der Waals surface area contributed by atoms with Gasteiger partial charge in [0.1, 0.15) is 0 Å². The molecule has 0 heterocycles. The molecule has 0 fully saturated rings. The van der Waals surface area contributed by atoms with E-state index in [2.05, 4.69) is 27.7 Å². The molecule has 0 amide bonds. The molecule has 0 saturated heterocycles. The maximum absolute atomic E-state index is 12.6. The molecule has 160 valence electrons. The van der Waals surface area contributed by atoms with E-state index in [4.69, 9.17) is 9.47 Å². The van der Waals surface area contributed by atoms with Crippen molar-refractivity contribution < 1.29 is 19.1 Å². The molecule has 0 aliphatic carbocycles. The van der Waals surface area contributed by atoms with Crippen LogP contribution >= 0.6 is 0 Å². The van der Waals surface area contributed by atoms with E-state index in [-0.39, 0.29) is 23.8 Å². The normalized spacial score (nSPS) is 14.6. The summed E-state index contributed by atoms with van der Waals surface area (Å²) in [6.07, 6.45) is 9.79. The molecule has 4 nitrogen and oxygen atoms in total. The van der Waals surface area contributed by atoms with Gasteiger partial charge in [-0.25, -0.2) is 4.79 Å². The van der Waals surface area contributed by atoms with E-state index < -0.39 is 6.10 Å². The zero-order valence-corrected chi connectivity index (χ0v) is 18.7. The first-order valence-corrected chi connectivity index (χ1v) is 11.2. The van der Waals surface area contributed by atoms with Crippen LogP contribution in [0.5, 0.6) is 0 Å². The highest BCUT2D eigenvalue weighted by Crippen LogP contribution is 2.26. The van der Waals surface area contributed by atoms with Crippen LogP contribution in [-0.2, 0) is 19.1 Å². The van der Waals surface area contributed by atoms with E-state index in [9.17, 15) is 9.59 Å². The highest BCUT2D eigenvalue weighted by atomic mass is 16.6. The van der Waals surface area contributed by atoms with Gasteiger partial charge in [0.15, 0.2) is 0 Å². The molecule has 4 heteroatoms. The van der Waals surface area contributed by atoms with Crippen molar-refractivity contribution in [3.63, 3.8) is 0 Å². The number of unbranched alkanes of at least 4 members (excludes halogenated alkanes) is 5. The SMILES string of the molecule is CCCCCCC(CCCCC)C(OC(=O)C(C)CC(C)C)C(=O)OCC. The Hall–Kier alpha value is -1.06. The van der Waals surface area contributed by atoms with Crippen molar-refractivity contribution in [2.45, 2.75) is 112 Å². The van der Waals surface area contributed by atoms with Gasteiger partial charge in [-0.3, -0.25) is 4.79 Å². The van der Waals surface area contributed by atoms with Gasteiger partial charge in [-0.15, -0.1) is 0 Å². The van der Waals surface area contributed by atoms with Gasteiger partial charge in [-0.05, 0) is 32.1 Å². The largest absolute Gasteiger partial charge is 0.463 e. The standard InChI is InChI=1S/C23H44O4/c1-7-10-12-14-16-20(15-13-11-8-2)21(23(25)26-9-3)27-22(24)19(6)17-18(4)5/h18-21H,7-17H2,1-6H3. The van der Waals surface area contributed by atoms with Crippen molar-refractivity contribution in [3.05, 3.63) is 0 Å². The fourth-order valence-corrected chi connectivity index (χ4v) is 3.54. The highest BCUT2D eigenvalue weighted by molar-refractivity contribution is 5.80. The van der Waals surface area contributed by atoms with Gasteiger partial charge in [0, 0.05) is 5.92 Å². The summed E-state index contributed by atoms with van der Waals surface area (Å²) in [4.78, 5) is 25.2. The molecule has 0 aliphatic rings. The summed E-state index contributed by atoms with van der Waals surface area (Å²) in [5.41, 5.74) is 0. The summed E-state index contributed by atoms with van der Waals surface area (Å²) in [6, 6.07) is 0. The van der Waals surface area contributed by atoms with Crippen LogP contribution in [0.15, 0.2) is 0 Å². The molecule has 0 rings (SSSR count). The molecule has 0 N–H and O–H groups in total. The van der Waals surface area contributed by atoms with E-state index in [1.807, 2.05) is 6.92 Å². The lowest BCUT2D eigenvalue weighted by molar-refractivity contribution is -0.174. The minimum Gasteiger partial charge on any atom is -0.463 e. The third-order valence-corrected chi connectivity index (χ3v) is 5.02. The molecule has 27 heavy (non-hydrogen) atoms. The molecule has 0 aromatic rings. The Morgan fingerprint density at radius 2 is 1.33 bits per heavy atom. The van der Waals surface area contributed by atoms with Gasteiger partial charge in [-0.1, -0.05) is 79.6 Å². The van der Waals surface area contributed by atoms with Crippen LogP contribution in [0.2, 0.25) is 0 Å². The molecule has 3 unspecified atom stereocenters. The Bertz CT molecular complexity index is 392.